The van der Waals surface area contributed by atoms with Gasteiger partial charge in [0.25, 0.3) is 0 Å². The number of aryl methyl sites for hydroxylation is 3. The number of nitriles is 1. The number of fused-ring (bicyclic) bond motifs is 1. The van der Waals surface area contributed by atoms with Crippen LogP contribution in [0.15, 0.2) is 45.3 Å². The largest absolute Gasteiger partial charge is 0.378 e. The zero-order valence-corrected chi connectivity index (χ0v) is 34.1. The number of benzene rings is 2. The van der Waals surface area contributed by atoms with Gasteiger partial charge < -0.3 is 29.3 Å². The lowest BCUT2D eigenvalue weighted by atomic mass is 9.93. The molecule has 1 saturated heterocycles. The Bertz CT molecular complexity index is 3040. The number of ether oxygens (including phenoxy) is 1. The topological polar surface area (TPSA) is 197 Å². The van der Waals surface area contributed by atoms with Crippen molar-refractivity contribution >= 4 is 17.0 Å². The molecule has 314 valence electrons. The molecule has 1 aliphatic heterocycles. The van der Waals surface area contributed by atoms with Crippen molar-refractivity contribution in [3.05, 3.63) is 63.0 Å². The molecular formula is C48H48N10O4. The molecule has 14 nitrogen and oxygen atoms in total. The van der Waals surface area contributed by atoms with Crippen LogP contribution < -0.4 is 16.3 Å². The first kappa shape index (κ1) is 46.5. The van der Waals surface area contributed by atoms with Crippen molar-refractivity contribution in [3.8, 4) is 159 Å². The minimum absolute atomic E-state index is 0. The summed E-state index contributed by atoms with van der Waals surface area (Å²) in [5.41, 5.74) is 9.72. The molecule has 3 heterocycles. The van der Waals surface area contributed by atoms with Gasteiger partial charge in [-0.3, -0.25) is 5.84 Å². The second-order valence-electron chi connectivity index (χ2n) is 11.5. The highest BCUT2D eigenvalue weighted by molar-refractivity contribution is 5.98. The fraction of sp³-hybridized carbons (Fsp3) is 0.188. The number of anilines is 1. The van der Waals surface area contributed by atoms with Gasteiger partial charge >= 0.3 is 0 Å². The number of rotatable bonds is 5. The molecule has 0 radical (unpaired) electrons. The second kappa shape index (κ2) is 26.9. The molecule has 4 N–H and O–H groups in total. The van der Waals surface area contributed by atoms with E-state index < -0.39 is 5.03 Å². The number of hydrogen-bond donors (Lipinski definition) is 3. The van der Waals surface area contributed by atoms with Gasteiger partial charge in [0, 0.05) is 64.8 Å². The smallest absolute Gasteiger partial charge is 0.204 e. The maximum Gasteiger partial charge on any atom is 0.204 e. The van der Waals surface area contributed by atoms with Crippen molar-refractivity contribution in [2.45, 2.75) is 34.6 Å². The Labute approximate surface area is 371 Å². The molecule has 5 rings (SSSR count). The van der Waals surface area contributed by atoms with E-state index in [1.165, 1.54) is 5.53 Å². The van der Waals surface area contributed by atoms with Crippen LogP contribution in [0.4, 0.5) is 5.95 Å². The van der Waals surface area contributed by atoms with E-state index in [9.17, 15) is 15.4 Å². The van der Waals surface area contributed by atoms with Crippen LogP contribution in [0.2, 0.25) is 0 Å². The van der Waals surface area contributed by atoms with Gasteiger partial charge in [-0.25, -0.2) is 4.98 Å². The quantitative estimate of drug-likeness (QED) is 0.0652. The molecule has 1 aliphatic rings. The van der Waals surface area contributed by atoms with E-state index >= 15 is 0 Å². The highest BCUT2D eigenvalue weighted by atomic mass is 16.7. The van der Waals surface area contributed by atoms with Crippen LogP contribution in [0.25, 0.3) is 33.3 Å². The fourth-order valence-electron chi connectivity index (χ4n) is 5.01. The van der Waals surface area contributed by atoms with Crippen molar-refractivity contribution in [2.75, 3.05) is 31.2 Å². The van der Waals surface area contributed by atoms with Gasteiger partial charge in [0.15, 0.2) is 5.22 Å². The molecule has 2 aromatic heterocycles. The molecule has 0 bridgehead atoms. The van der Waals surface area contributed by atoms with E-state index in [1.54, 1.807) is 13.8 Å². The Morgan fingerprint density at radius 3 is 1.74 bits per heavy atom. The van der Waals surface area contributed by atoms with E-state index in [0.717, 1.165) is 69.3 Å². The summed E-state index contributed by atoms with van der Waals surface area (Å²) >= 11 is 0. The third-order valence-corrected chi connectivity index (χ3v) is 7.49. The molecule has 0 amide bonds. The highest BCUT2D eigenvalue weighted by Gasteiger charge is 2.21. The van der Waals surface area contributed by atoms with E-state index in [0.29, 0.717) is 18.8 Å². The summed E-state index contributed by atoms with van der Waals surface area (Å²) in [6, 6.07) is 12.2. The van der Waals surface area contributed by atoms with Crippen LogP contribution in [0.1, 0.15) is 47.8 Å². The third-order valence-electron chi connectivity index (χ3n) is 7.49. The summed E-state index contributed by atoms with van der Waals surface area (Å²) in [6.07, 6.45) is 0. The Morgan fingerprint density at radius 2 is 1.32 bits per heavy atom. The standard InChI is InChI=1S/C24H23N5O2.C24H6.H3N5O2.8H2/c1-14-4-5-17(13-25)10-19(14)20-11-18(22-15(2)28-31-16(22)3)12-21-23(20)27-24(26-21)29-6-8-30-9-7-29;1-3-5-7-9-11-13-15-17-19-21-23-24-22-20-18-16-14-12-10-8-6-4-2;1-2-3-4-5(6)7;;;;;;;;/h4-5,10-12H,6-9H2,1-3H3,(H,26,27);1-2H3;(H2,1,3)(H,2,4);8*1H. The number of aromatic amines is 1. The molecule has 1 fully saturated rings. The van der Waals surface area contributed by atoms with Gasteiger partial charge in [0.1, 0.15) is 5.76 Å². The summed E-state index contributed by atoms with van der Waals surface area (Å²) in [5.74, 6) is 61.6. The maximum absolute atomic E-state index is 9.45. The van der Waals surface area contributed by atoms with E-state index in [2.05, 4.69) is 187 Å². The fourth-order valence-corrected chi connectivity index (χ4v) is 5.01. The van der Waals surface area contributed by atoms with Crippen LogP contribution in [-0.4, -0.2) is 46.5 Å². The molecule has 62 heavy (non-hydrogen) atoms. The first-order valence-electron chi connectivity index (χ1n) is 17.9. The number of H-pyrrole nitrogens is 1. The van der Waals surface area contributed by atoms with Gasteiger partial charge in [-0.1, -0.05) is 23.1 Å². The maximum atomic E-state index is 9.45. The molecule has 14 heteroatoms. The van der Waals surface area contributed by atoms with Gasteiger partial charge in [0.05, 0.1) is 51.8 Å². The average molecular weight is 829 g/mol. The monoisotopic (exact) mass is 828 g/mol. The first-order chi connectivity index (χ1) is 30.2. The van der Waals surface area contributed by atoms with Crippen LogP contribution in [0.3, 0.4) is 0 Å². The van der Waals surface area contributed by atoms with E-state index in [1.807, 2.05) is 32.0 Å². The number of morpholine rings is 1. The number of imidazole rings is 1. The summed E-state index contributed by atoms with van der Waals surface area (Å²) in [4.78, 5) is 19.9. The Morgan fingerprint density at radius 1 is 0.806 bits per heavy atom. The summed E-state index contributed by atoms with van der Waals surface area (Å²) < 4.78 is 10.9. The minimum Gasteiger partial charge on any atom is -0.378 e. The van der Waals surface area contributed by atoms with Crippen molar-refractivity contribution in [1.82, 2.24) is 20.7 Å². The SMILES string of the molecule is CC#CC#CC#CC#CC#CC#CC#CC#CC#CC#CC#CC.Cc1ccc(C#N)cc1-c1cc(-c2c(C)noc2C)cc2[nH]c(N3CCOCC3)nc12.NN=NN[N+](=O)[O-].[HH].[HH].[HH].[HH].[HH].[HH].[HH].[HH]. The van der Waals surface area contributed by atoms with Crippen molar-refractivity contribution in [1.29, 1.82) is 5.26 Å². The van der Waals surface area contributed by atoms with Crippen LogP contribution >= 0.6 is 0 Å². The molecule has 0 spiro atoms. The van der Waals surface area contributed by atoms with Crippen molar-refractivity contribution in [3.63, 3.8) is 0 Å². The number of hydrogen-bond acceptors (Lipinski definition) is 10. The summed E-state index contributed by atoms with van der Waals surface area (Å²) in [6.45, 7) is 12.3. The average Bonchev–Trinajstić information content (AvgIpc) is 3.87. The Balaban J connectivity index is -0.000000239. The predicted molar refractivity (Wildman–Crippen MR) is 252 cm³/mol. The number of nitrogens with two attached hydrogens (primary N) is 1. The van der Waals surface area contributed by atoms with E-state index in [4.69, 9.17) is 14.2 Å². The minimum atomic E-state index is -0.879. The highest BCUT2D eigenvalue weighted by Crippen LogP contribution is 2.38. The van der Waals surface area contributed by atoms with Gasteiger partial charge in [-0.15, -0.1) is 0 Å². The first-order valence-corrected chi connectivity index (χ1v) is 17.9. The van der Waals surface area contributed by atoms with Gasteiger partial charge in [-0.05, 0) is 170 Å². The lowest BCUT2D eigenvalue weighted by molar-refractivity contribution is -0.546. The molecule has 0 saturated carbocycles. The number of nitrogens with zero attached hydrogens (tertiary/aromatic N) is 7. The molecule has 0 unspecified atom stereocenters. The van der Waals surface area contributed by atoms with E-state index in [-0.39, 0.29) is 11.4 Å². The lowest BCUT2D eigenvalue weighted by Crippen LogP contribution is -2.36. The van der Waals surface area contributed by atoms with Gasteiger partial charge in [0.2, 0.25) is 5.95 Å². The Hall–Kier alpha value is -9.87. The van der Waals surface area contributed by atoms with Crippen molar-refractivity contribution in [2.24, 2.45) is 16.3 Å². The normalized spacial score (nSPS) is 9.65. The molecule has 0 aliphatic carbocycles. The lowest BCUT2D eigenvalue weighted by Gasteiger charge is -2.26. The molecule has 0 atom stereocenters. The number of hydrazine groups is 1. The van der Waals surface area contributed by atoms with Crippen LogP contribution in [-0.2, 0) is 4.74 Å². The second-order valence-corrected chi connectivity index (χ2v) is 11.5. The van der Waals surface area contributed by atoms with Gasteiger partial charge in [-0.2, -0.15) is 5.26 Å². The molecule has 2 aromatic carbocycles. The van der Waals surface area contributed by atoms with Crippen molar-refractivity contribution < 1.29 is 25.7 Å². The summed E-state index contributed by atoms with van der Waals surface area (Å²) in [7, 11) is 0. The summed E-state index contributed by atoms with van der Waals surface area (Å²) in [5, 5.41) is 27.1. The number of nitrogens with one attached hydrogen (secondary N) is 2. The molecular weight excluding hydrogens is 781 g/mol. The zero-order chi connectivity index (χ0) is 44.8. The predicted octanol–water partition coefficient (Wildman–Crippen LogP) is 6.56. The number of aromatic nitrogens is 3. The third kappa shape index (κ3) is 15.9. The van der Waals surface area contributed by atoms with Crippen LogP contribution in [0, 0.1) is 172 Å². The van der Waals surface area contributed by atoms with Crippen LogP contribution in [0.5, 0.6) is 0 Å². The molecule has 4 aromatic rings. The Kier molecular flexibility index (Phi) is 20.2. The zero-order valence-electron chi connectivity index (χ0n) is 34.1. The number of nitro groups is 1.